The molecule has 0 aliphatic carbocycles. The number of nitrogens with zero attached hydrogens (tertiary/aromatic N) is 4. The monoisotopic (exact) mass is 318 g/mol. The summed E-state index contributed by atoms with van der Waals surface area (Å²) < 4.78 is 0. The molecule has 0 bridgehead atoms. The van der Waals surface area contributed by atoms with Crippen molar-refractivity contribution in [2.45, 2.75) is 0 Å². The lowest BCUT2D eigenvalue weighted by molar-refractivity contribution is 1.21. The molecule has 8 N–H and O–H groups in total. The van der Waals surface area contributed by atoms with Crippen LogP contribution in [0.2, 0.25) is 0 Å². The Morgan fingerprint density at radius 3 is 1.55 bits per heavy atom. The maximum Gasteiger partial charge on any atom is 0.211 e. The maximum atomic E-state index is 5.13. The van der Waals surface area contributed by atoms with Gasteiger partial charge in [-0.05, 0) is 17.2 Å². The van der Waals surface area contributed by atoms with Crippen molar-refractivity contribution in [2.24, 2.45) is 43.3 Å². The van der Waals surface area contributed by atoms with Gasteiger partial charge in [0.05, 0.1) is 12.4 Å². The molecule has 0 atom stereocenters. The molecular weight excluding hydrogens is 303 g/mol. The number of hydrogen-bond acceptors (Lipinski definition) is 4. The topological polar surface area (TPSA) is 154 Å². The van der Waals surface area contributed by atoms with E-state index in [4.69, 9.17) is 22.9 Å². The van der Waals surface area contributed by atoms with Crippen molar-refractivity contribution in [3.8, 4) is 0 Å². The Morgan fingerprint density at radius 2 is 1.20 bits per heavy atom. The molecule has 0 heterocycles. The summed E-state index contributed by atoms with van der Waals surface area (Å²) in [4.78, 5) is 0. The van der Waals surface area contributed by atoms with Crippen LogP contribution in [0.3, 0.4) is 0 Å². The Hall–Kier alpha value is -2.32. The summed E-state index contributed by atoms with van der Waals surface area (Å²) in [6.45, 7) is 0. The predicted molar refractivity (Wildman–Crippen MR) is 87.7 cm³/mol. The molecule has 0 aliphatic heterocycles. The van der Waals surface area contributed by atoms with E-state index in [1.807, 2.05) is 24.3 Å². The van der Waals surface area contributed by atoms with E-state index in [2.05, 4.69) is 20.4 Å². The van der Waals surface area contributed by atoms with Gasteiger partial charge in [0.15, 0.2) is 0 Å². The second-order valence-electron chi connectivity index (χ2n) is 3.21. The Kier molecular flexibility index (Phi) is 10.6. The Balaban J connectivity index is 0. The van der Waals surface area contributed by atoms with Crippen molar-refractivity contribution in [1.29, 1.82) is 0 Å². The van der Waals surface area contributed by atoms with Crippen molar-refractivity contribution >= 4 is 49.2 Å². The number of hydrogen-bond donors (Lipinski definition) is 4. The largest absolute Gasteiger partial charge is 0.369 e. The van der Waals surface area contributed by atoms with E-state index in [0.717, 1.165) is 11.1 Å². The molecule has 20 heavy (non-hydrogen) atoms. The van der Waals surface area contributed by atoms with Gasteiger partial charge in [-0.2, -0.15) is 10.2 Å². The summed E-state index contributed by atoms with van der Waals surface area (Å²) in [6.07, 6.45) is 3.02. The van der Waals surface area contributed by atoms with Gasteiger partial charge in [0.2, 0.25) is 11.9 Å². The third-order valence-electron chi connectivity index (χ3n) is 1.67. The van der Waals surface area contributed by atoms with Gasteiger partial charge in [0.25, 0.3) is 0 Å². The predicted octanol–water partition coefficient (Wildman–Crippen LogP) is -0.255. The molecular formula is C10H16Cl2N8. The third kappa shape index (κ3) is 8.72. The molecule has 0 aromatic heterocycles. The van der Waals surface area contributed by atoms with E-state index in [1.54, 1.807) is 0 Å². The lowest BCUT2D eigenvalue weighted by atomic mass is 10.1. The molecule has 0 aliphatic rings. The van der Waals surface area contributed by atoms with Crippen LogP contribution in [0.5, 0.6) is 0 Å². The van der Waals surface area contributed by atoms with Crippen LogP contribution in [0, 0.1) is 0 Å². The standard InChI is InChI=1S/C10H14N8.2ClH/c11-9(12)17-15-5-7-2-1-3-8(4-7)6-16-18-10(13)14;;/h1-6H,(H4,11,12,17)(H4,13,14,18);2*1H/b15-5+,16-6?;;. The fourth-order valence-electron chi connectivity index (χ4n) is 1.04. The fourth-order valence-corrected chi connectivity index (χ4v) is 1.04. The summed E-state index contributed by atoms with van der Waals surface area (Å²) in [5.41, 5.74) is 22.2. The minimum atomic E-state index is -0.100. The van der Waals surface area contributed by atoms with E-state index < -0.39 is 0 Å². The number of rotatable bonds is 4. The van der Waals surface area contributed by atoms with Gasteiger partial charge in [-0.15, -0.1) is 35.0 Å². The van der Waals surface area contributed by atoms with Gasteiger partial charge in [-0.3, -0.25) is 0 Å². The average Bonchev–Trinajstić information content (AvgIpc) is 2.28. The van der Waals surface area contributed by atoms with E-state index in [9.17, 15) is 0 Å². The highest BCUT2D eigenvalue weighted by molar-refractivity contribution is 5.87. The van der Waals surface area contributed by atoms with Crippen LogP contribution in [0.4, 0.5) is 0 Å². The smallest absolute Gasteiger partial charge is 0.211 e. The third-order valence-corrected chi connectivity index (χ3v) is 1.67. The van der Waals surface area contributed by atoms with Crippen molar-refractivity contribution in [3.05, 3.63) is 35.4 Å². The van der Waals surface area contributed by atoms with Crippen molar-refractivity contribution in [1.82, 2.24) is 0 Å². The Bertz CT molecular complexity index is 472. The number of benzene rings is 1. The molecule has 0 saturated heterocycles. The Labute approximate surface area is 128 Å². The van der Waals surface area contributed by atoms with Crippen LogP contribution in [-0.4, -0.2) is 24.3 Å². The zero-order valence-corrected chi connectivity index (χ0v) is 12.0. The van der Waals surface area contributed by atoms with Crippen LogP contribution in [-0.2, 0) is 0 Å². The zero-order valence-electron chi connectivity index (χ0n) is 10.4. The van der Waals surface area contributed by atoms with Gasteiger partial charge in [-0.25, -0.2) is 0 Å². The van der Waals surface area contributed by atoms with Crippen molar-refractivity contribution in [3.63, 3.8) is 0 Å². The average molecular weight is 319 g/mol. The molecule has 0 saturated carbocycles. The minimum Gasteiger partial charge on any atom is -0.369 e. The summed E-state index contributed by atoms with van der Waals surface area (Å²) in [5.74, 6) is -0.201. The molecule has 0 unspecified atom stereocenters. The van der Waals surface area contributed by atoms with E-state index >= 15 is 0 Å². The summed E-state index contributed by atoms with van der Waals surface area (Å²) in [6, 6.07) is 7.32. The molecule has 0 fully saturated rings. The summed E-state index contributed by atoms with van der Waals surface area (Å²) >= 11 is 0. The van der Waals surface area contributed by atoms with Gasteiger partial charge in [0, 0.05) is 0 Å². The van der Waals surface area contributed by atoms with E-state index in [0.29, 0.717) is 0 Å². The quantitative estimate of drug-likeness (QED) is 0.343. The Morgan fingerprint density at radius 1 is 0.800 bits per heavy atom. The number of guanidine groups is 2. The number of nitrogens with two attached hydrogens (primary N) is 4. The number of halogens is 2. The second kappa shape index (κ2) is 10.6. The summed E-state index contributed by atoms with van der Waals surface area (Å²) in [5, 5.41) is 14.4. The lowest BCUT2D eigenvalue weighted by Gasteiger charge is -1.94. The molecule has 1 aromatic carbocycles. The molecule has 10 heteroatoms. The van der Waals surface area contributed by atoms with Gasteiger partial charge >= 0.3 is 0 Å². The van der Waals surface area contributed by atoms with Gasteiger partial charge < -0.3 is 22.9 Å². The van der Waals surface area contributed by atoms with Gasteiger partial charge in [-0.1, -0.05) is 18.2 Å². The molecule has 0 amide bonds. The van der Waals surface area contributed by atoms with Crippen LogP contribution in [0.25, 0.3) is 0 Å². The highest BCUT2D eigenvalue weighted by atomic mass is 35.5. The maximum absolute atomic E-state index is 5.13. The van der Waals surface area contributed by atoms with Crippen molar-refractivity contribution < 1.29 is 0 Å². The first-order valence-corrected chi connectivity index (χ1v) is 4.92. The van der Waals surface area contributed by atoms with Gasteiger partial charge in [0.1, 0.15) is 0 Å². The van der Waals surface area contributed by atoms with E-state index in [-0.39, 0.29) is 36.7 Å². The fraction of sp³-hybridized carbons (Fsp3) is 0. The SMILES string of the molecule is Cl.Cl.NC(N)=NN=Cc1cccc(/C=N/N=C(N)N)c1. The van der Waals surface area contributed by atoms with Crippen LogP contribution in [0.15, 0.2) is 44.7 Å². The second-order valence-corrected chi connectivity index (χ2v) is 3.21. The van der Waals surface area contributed by atoms with Crippen molar-refractivity contribution in [2.75, 3.05) is 0 Å². The van der Waals surface area contributed by atoms with Crippen LogP contribution < -0.4 is 22.9 Å². The molecule has 8 nitrogen and oxygen atoms in total. The minimum absolute atomic E-state index is 0. The molecule has 0 spiro atoms. The molecule has 110 valence electrons. The molecule has 0 radical (unpaired) electrons. The molecule has 1 rings (SSSR count). The van der Waals surface area contributed by atoms with Crippen LogP contribution in [0.1, 0.15) is 11.1 Å². The highest BCUT2D eigenvalue weighted by Gasteiger charge is 1.90. The van der Waals surface area contributed by atoms with E-state index in [1.165, 1.54) is 12.4 Å². The highest BCUT2D eigenvalue weighted by Crippen LogP contribution is 2.01. The summed E-state index contributed by atoms with van der Waals surface area (Å²) in [7, 11) is 0. The zero-order chi connectivity index (χ0) is 13.4. The first-order valence-electron chi connectivity index (χ1n) is 4.92. The lowest BCUT2D eigenvalue weighted by Crippen LogP contribution is -2.21. The first kappa shape index (κ1) is 20.0. The van der Waals surface area contributed by atoms with Crippen LogP contribution >= 0.6 is 24.8 Å². The normalized spacial score (nSPS) is 9.60. The molecule has 1 aromatic rings. The first-order chi connectivity index (χ1) is 8.58.